The summed E-state index contributed by atoms with van der Waals surface area (Å²) >= 11 is 6.21. The minimum atomic E-state index is -4.63. The van der Waals surface area contributed by atoms with E-state index in [1.165, 1.54) is 40.9 Å². The number of halogens is 4. The van der Waals surface area contributed by atoms with Crippen molar-refractivity contribution in [3.05, 3.63) is 59.3 Å². The summed E-state index contributed by atoms with van der Waals surface area (Å²) in [5.74, 6) is -0.0185. The van der Waals surface area contributed by atoms with Gasteiger partial charge in [-0.3, -0.25) is 13.9 Å². The summed E-state index contributed by atoms with van der Waals surface area (Å²) < 4.78 is 44.2. The molecule has 1 aliphatic rings. The van der Waals surface area contributed by atoms with Crippen LogP contribution in [-0.2, 0) is 6.18 Å². The quantitative estimate of drug-likeness (QED) is 0.396. The molecule has 1 saturated heterocycles. The summed E-state index contributed by atoms with van der Waals surface area (Å²) in [6.07, 6.45) is 1.13. The van der Waals surface area contributed by atoms with Crippen LogP contribution in [0.5, 0.6) is 0 Å². The Morgan fingerprint density at radius 1 is 1.26 bits per heavy atom. The number of rotatable bonds is 5. The summed E-state index contributed by atoms with van der Waals surface area (Å²) in [6, 6.07) is 4.62. The van der Waals surface area contributed by atoms with Crippen LogP contribution in [0, 0.1) is 0 Å². The number of nitrogens with one attached hydrogen (secondary N) is 3. The zero-order valence-corrected chi connectivity index (χ0v) is 18.4. The lowest BCUT2D eigenvalue weighted by atomic mass is 10.1. The van der Waals surface area contributed by atoms with Crippen molar-refractivity contribution in [1.82, 2.24) is 34.8 Å². The van der Waals surface area contributed by atoms with Gasteiger partial charge in [-0.15, -0.1) is 0 Å². The molecule has 1 aliphatic heterocycles. The van der Waals surface area contributed by atoms with E-state index in [9.17, 15) is 18.0 Å². The average Bonchev–Trinajstić information content (AvgIpc) is 3.37. The predicted molar refractivity (Wildman–Crippen MR) is 119 cm³/mol. The fourth-order valence-corrected chi connectivity index (χ4v) is 3.96. The molecule has 1 amide bonds. The Morgan fingerprint density at radius 2 is 2.06 bits per heavy atom. The molecular weight excluding hydrogens is 473 g/mol. The van der Waals surface area contributed by atoms with Gasteiger partial charge in [-0.05, 0) is 18.2 Å². The summed E-state index contributed by atoms with van der Waals surface area (Å²) in [5, 5.41) is 12.7. The van der Waals surface area contributed by atoms with Crippen LogP contribution in [-0.4, -0.2) is 50.2 Å². The Kier molecular flexibility index (Phi) is 5.41. The molecule has 0 aliphatic carbocycles. The van der Waals surface area contributed by atoms with Crippen LogP contribution in [0.15, 0.2) is 43.0 Å². The minimum Gasteiger partial charge on any atom is -0.355 e. The van der Waals surface area contributed by atoms with Gasteiger partial charge in [-0.1, -0.05) is 11.6 Å². The summed E-state index contributed by atoms with van der Waals surface area (Å²) in [4.78, 5) is 20.4. The van der Waals surface area contributed by atoms with Gasteiger partial charge in [0.15, 0.2) is 17.2 Å². The maximum absolute atomic E-state index is 13.8. The third-order valence-electron chi connectivity index (χ3n) is 5.54. The van der Waals surface area contributed by atoms with E-state index in [0.29, 0.717) is 35.8 Å². The zero-order chi connectivity index (χ0) is 24.0. The summed E-state index contributed by atoms with van der Waals surface area (Å²) in [7, 11) is 1.50. The van der Waals surface area contributed by atoms with Crippen molar-refractivity contribution in [3.8, 4) is 11.3 Å². The van der Waals surface area contributed by atoms with Crippen LogP contribution in [0.1, 0.15) is 22.1 Å². The van der Waals surface area contributed by atoms with Gasteiger partial charge in [-0.25, -0.2) is 9.97 Å². The first-order valence-electron chi connectivity index (χ1n) is 10.2. The molecule has 0 atom stereocenters. The molecule has 5 rings (SSSR count). The van der Waals surface area contributed by atoms with Crippen molar-refractivity contribution >= 4 is 34.7 Å². The van der Waals surface area contributed by atoms with Gasteiger partial charge in [-0.2, -0.15) is 18.3 Å². The van der Waals surface area contributed by atoms with Crippen LogP contribution in [0.25, 0.3) is 16.9 Å². The third-order valence-corrected chi connectivity index (χ3v) is 5.85. The van der Waals surface area contributed by atoms with Gasteiger partial charge in [0.25, 0.3) is 5.91 Å². The number of amides is 1. The SMILES string of the molecule is CNC(=O)c1ccc(Nc2nccn3c(-c4cn(C5CNC5)nc4C(F)(F)F)cnc23)cc1Cl. The lowest BCUT2D eigenvalue weighted by Gasteiger charge is -2.27. The van der Waals surface area contributed by atoms with Crippen LogP contribution < -0.4 is 16.0 Å². The minimum absolute atomic E-state index is 0.0676. The number of carbonyl (C=O) groups is 1. The summed E-state index contributed by atoms with van der Waals surface area (Å²) in [6.45, 7) is 1.12. The van der Waals surface area contributed by atoms with Crippen LogP contribution in [0.3, 0.4) is 0 Å². The molecule has 176 valence electrons. The Morgan fingerprint density at radius 3 is 2.71 bits per heavy atom. The molecule has 0 spiro atoms. The van der Waals surface area contributed by atoms with Crippen LogP contribution in [0.4, 0.5) is 24.7 Å². The van der Waals surface area contributed by atoms with E-state index in [0.717, 1.165) is 0 Å². The molecule has 0 unspecified atom stereocenters. The predicted octanol–water partition coefficient (Wildman–Crippen LogP) is 3.51. The van der Waals surface area contributed by atoms with E-state index in [1.807, 2.05) is 0 Å². The smallest absolute Gasteiger partial charge is 0.355 e. The second kappa shape index (κ2) is 8.29. The van der Waals surface area contributed by atoms with E-state index >= 15 is 0 Å². The molecule has 13 heteroatoms. The molecule has 1 aromatic carbocycles. The number of imidazole rings is 1. The fraction of sp³-hybridized carbons (Fsp3) is 0.238. The van der Waals surface area contributed by atoms with Crippen molar-refractivity contribution < 1.29 is 18.0 Å². The monoisotopic (exact) mass is 490 g/mol. The topological polar surface area (TPSA) is 101 Å². The van der Waals surface area contributed by atoms with Gasteiger partial charge in [0.2, 0.25) is 0 Å². The molecule has 9 nitrogen and oxygen atoms in total. The van der Waals surface area contributed by atoms with Gasteiger partial charge in [0.1, 0.15) is 0 Å². The first-order chi connectivity index (χ1) is 16.3. The van der Waals surface area contributed by atoms with Crippen molar-refractivity contribution in [2.24, 2.45) is 0 Å². The number of aromatic nitrogens is 5. The molecule has 0 saturated carbocycles. The standard InChI is InChI=1S/C21H18ClF3N8O/c1-26-20(34)13-3-2-11(6-15(13)22)30-18-19-29-9-16(32(19)5-4-28-18)14-10-33(12-7-27-8-12)31-17(14)21(23,24)25/h2-6,9-10,12,27H,7-8H2,1H3,(H,26,34)(H,28,30). The Hall–Kier alpha value is -3.64. The molecule has 3 N–H and O–H groups in total. The van der Waals surface area contributed by atoms with E-state index < -0.39 is 11.9 Å². The van der Waals surface area contributed by atoms with E-state index in [1.54, 1.807) is 18.2 Å². The Labute approximate surface area is 196 Å². The highest BCUT2D eigenvalue weighted by Crippen LogP contribution is 2.37. The number of benzene rings is 1. The number of fused-ring (bicyclic) bond motifs is 1. The highest BCUT2D eigenvalue weighted by molar-refractivity contribution is 6.34. The summed E-state index contributed by atoms with van der Waals surface area (Å²) in [5.41, 5.74) is 0.354. The van der Waals surface area contributed by atoms with Crippen molar-refractivity contribution in [3.63, 3.8) is 0 Å². The number of hydrogen-bond donors (Lipinski definition) is 3. The van der Waals surface area contributed by atoms with Crippen molar-refractivity contribution in [2.75, 3.05) is 25.5 Å². The second-order valence-corrected chi connectivity index (χ2v) is 8.10. The largest absolute Gasteiger partial charge is 0.435 e. The maximum Gasteiger partial charge on any atom is 0.435 e. The molecule has 0 radical (unpaired) electrons. The van der Waals surface area contributed by atoms with Crippen molar-refractivity contribution in [1.29, 1.82) is 0 Å². The highest BCUT2D eigenvalue weighted by Gasteiger charge is 2.39. The molecular formula is C21H18ClF3N8O. The fourth-order valence-electron chi connectivity index (χ4n) is 3.69. The average molecular weight is 491 g/mol. The van der Waals surface area contributed by atoms with Crippen LogP contribution in [0.2, 0.25) is 5.02 Å². The third kappa shape index (κ3) is 3.84. The highest BCUT2D eigenvalue weighted by atomic mass is 35.5. The Bertz CT molecular complexity index is 1390. The first kappa shape index (κ1) is 22.2. The molecule has 4 aromatic rings. The number of carbonyl (C=O) groups excluding carboxylic acids is 1. The van der Waals surface area contributed by atoms with Crippen LogP contribution >= 0.6 is 11.6 Å². The molecule has 4 heterocycles. The lowest BCUT2D eigenvalue weighted by molar-refractivity contribution is -0.141. The van der Waals surface area contributed by atoms with Gasteiger partial charge in [0.05, 0.1) is 34.1 Å². The zero-order valence-electron chi connectivity index (χ0n) is 17.7. The normalized spacial score (nSPS) is 14.3. The number of anilines is 2. The molecule has 1 fully saturated rings. The van der Waals surface area contributed by atoms with Gasteiger partial charge in [0, 0.05) is 44.4 Å². The number of alkyl halides is 3. The molecule has 3 aromatic heterocycles. The van der Waals surface area contributed by atoms with E-state index in [2.05, 4.69) is 31.0 Å². The molecule has 34 heavy (non-hydrogen) atoms. The van der Waals surface area contributed by atoms with Gasteiger partial charge >= 0.3 is 6.18 Å². The number of hydrogen-bond acceptors (Lipinski definition) is 6. The van der Waals surface area contributed by atoms with Crippen molar-refractivity contribution in [2.45, 2.75) is 12.2 Å². The van der Waals surface area contributed by atoms with Gasteiger partial charge < -0.3 is 16.0 Å². The second-order valence-electron chi connectivity index (χ2n) is 7.69. The lowest BCUT2D eigenvalue weighted by Crippen LogP contribution is -2.43. The number of nitrogens with zero attached hydrogens (tertiary/aromatic N) is 5. The first-order valence-corrected chi connectivity index (χ1v) is 10.6. The van der Waals surface area contributed by atoms with E-state index in [-0.39, 0.29) is 28.2 Å². The molecule has 0 bridgehead atoms. The Balaban J connectivity index is 1.53. The maximum atomic E-state index is 13.8. The van der Waals surface area contributed by atoms with E-state index in [4.69, 9.17) is 11.6 Å².